The van der Waals surface area contributed by atoms with Gasteiger partial charge in [-0.25, -0.2) is 4.79 Å². The summed E-state index contributed by atoms with van der Waals surface area (Å²) in [4.78, 5) is 23.2. The molecule has 2 aromatic rings. The van der Waals surface area contributed by atoms with Gasteiger partial charge in [-0.05, 0) is 24.6 Å². The Morgan fingerprint density at radius 1 is 1.35 bits per heavy atom. The highest BCUT2D eigenvalue weighted by Crippen LogP contribution is 2.40. The van der Waals surface area contributed by atoms with E-state index in [1.54, 1.807) is 37.3 Å². The number of hydrogen-bond donors (Lipinski definition) is 2. The van der Waals surface area contributed by atoms with E-state index in [1.165, 1.54) is 0 Å². The molecule has 3 rings (SSSR count). The summed E-state index contributed by atoms with van der Waals surface area (Å²) in [7, 11) is 0. The van der Waals surface area contributed by atoms with Crippen LogP contribution in [0.1, 0.15) is 22.8 Å². The van der Waals surface area contributed by atoms with E-state index in [1.807, 2.05) is 6.07 Å². The fourth-order valence-electron chi connectivity index (χ4n) is 2.76. The number of amides is 1. The number of carbonyl (C=O) groups excluding carboxylic acids is 1. The lowest BCUT2D eigenvalue weighted by Crippen LogP contribution is -2.26. The van der Waals surface area contributed by atoms with Crippen molar-refractivity contribution in [1.82, 2.24) is 0 Å². The third kappa shape index (κ3) is 3.10. The van der Waals surface area contributed by atoms with Crippen molar-refractivity contribution in [2.45, 2.75) is 12.8 Å². The number of nitrogens with zero attached hydrogens (tertiary/aromatic N) is 1. The average Bonchev–Trinajstić information content (AvgIpc) is 2.59. The molecule has 1 aliphatic rings. The van der Waals surface area contributed by atoms with Crippen molar-refractivity contribution in [2.24, 2.45) is 11.5 Å². The van der Waals surface area contributed by atoms with Crippen molar-refractivity contribution in [3.8, 4) is 17.6 Å². The number of allylic oxidation sites excluding steroid dienone is 1. The van der Waals surface area contributed by atoms with E-state index in [9.17, 15) is 14.9 Å². The van der Waals surface area contributed by atoms with E-state index in [0.717, 1.165) is 0 Å². The van der Waals surface area contributed by atoms with E-state index >= 15 is 0 Å². The number of primary amides is 1. The van der Waals surface area contributed by atoms with E-state index < -0.39 is 17.5 Å². The fraction of sp³-hybridized carbons (Fsp3) is 0.167. The Balaban J connectivity index is 2.07. The molecule has 1 unspecified atom stereocenters. The molecule has 132 valence electrons. The number of benzene rings is 1. The molecule has 0 fully saturated rings. The number of rotatable bonds is 4. The van der Waals surface area contributed by atoms with Crippen molar-refractivity contribution in [3.63, 3.8) is 0 Å². The zero-order valence-electron chi connectivity index (χ0n) is 13.8. The number of nitriles is 1. The summed E-state index contributed by atoms with van der Waals surface area (Å²) in [6, 6.07) is 10.1. The Labute approximate surface area is 148 Å². The molecule has 26 heavy (non-hydrogen) atoms. The zero-order valence-corrected chi connectivity index (χ0v) is 13.8. The fourth-order valence-corrected chi connectivity index (χ4v) is 2.76. The van der Waals surface area contributed by atoms with Crippen molar-refractivity contribution in [2.75, 3.05) is 6.61 Å². The Kier molecular flexibility index (Phi) is 4.37. The highest BCUT2D eigenvalue weighted by atomic mass is 16.5. The standard InChI is InChI=1S/C18H15N3O5/c1-9-6-13-16(18(23)25-9)15(12(7-19)17(21)26-13)10-2-4-11(5-3-10)24-8-14(20)22/h2-6,15H,8,21H2,1H3,(H2,20,22). The lowest BCUT2D eigenvalue weighted by atomic mass is 9.84. The third-order valence-corrected chi connectivity index (χ3v) is 3.85. The van der Waals surface area contributed by atoms with Crippen LogP contribution in [0.3, 0.4) is 0 Å². The van der Waals surface area contributed by atoms with Crippen LogP contribution >= 0.6 is 0 Å². The van der Waals surface area contributed by atoms with E-state index in [4.69, 9.17) is 25.4 Å². The summed E-state index contributed by atoms with van der Waals surface area (Å²) < 4.78 is 15.8. The molecule has 0 saturated carbocycles. The van der Waals surface area contributed by atoms with Gasteiger partial charge in [-0.15, -0.1) is 0 Å². The van der Waals surface area contributed by atoms with Gasteiger partial charge in [0.2, 0.25) is 5.88 Å². The largest absolute Gasteiger partial charge is 0.484 e. The molecule has 8 heteroatoms. The quantitative estimate of drug-likeness (QED) is 0.836. The predicted octanol–water partition coefficient (Wildman–Crippen LogP) is 1.03. The van der Waals surface area contributed by atoms with Gasteiger partial charge in [0, 0.05) is 6.07 Å². The first-order chi connectivity index (χ1) is 12.4. The SMILES string of the molecule is Cc1cc2c(c(=O)o1)C(c1ccc(OCC(N)=O)cc1)C(C#N)=C(N)O2. The molecule has 0 bridgehead atoms. The number of ether oxygens (including phenoxy) is 2. The first kappa shape index (κ1) is 17.1. The van der Waals surface area contributed by atoms with Crippen LogP contribution in [0.4, 0.5) is 0 Å². The molecule has 0 radical (unpaired) electrons. The Bertz CT molecular complexity index is 999. The number of carbonyl (C=O) groups is 1. The van der Waals surface area contributed by atoms with Gasteiger partial charge in [0.15, 0.2) is 6.61 Å². The van der Waals surface area contributed by atoms with Crippen molar-refractivity contribution >= 4 is 5.91 Å². The molecule has 8 nitrogen and oxygen atoms in total. The van der Waals surface area contributed by atoms with Gasteiger partial charge in [-0.1, -0.05) is 12.1 Å². The maximum atomic E-state index is 12.4. The Morgan fingerprint density at radius 2 is 2.04 bits per heavy atom. The first-order valence-corrected chi connectivity index (χ1v) is 7.64. The van der Waals surface area contributed by atoms with Crippen LogP contribution < -0.4 is 26.6 Å². The molecule has 0 aliphatic carbocycles. The molecule has 1 aromatic heterocycles. The van der Waals surface area contributed by atoms with Crippen LogP contribution in [-0.2, 0) is 4.79 Å². The average molecular weight is 353 g/mol. The smallest absolute Gasteiger partial charge is 0.343 e. The maximum absolute atomic E-state index is 12.4. The summed E-state index contributed by atoms with van der Waals surface area (Å²) in [5.74, 6) is -0.339. The highest BCUT2D eigenvalue weighted by molar-refractivity contribution is 5.75. The molecule has 0 spiro atoms. The Morgan fingerprint density at radius 3 is 2.65 bits per heavy atom. The van der Waals surface area contributed by atoms with Crippen molar-refractivity contribution in [3.05, 3.63) is 69.1 Å². The summed E-state index contributed by atoms with van der Waals surface area (Å²) in [6.07, 6.45) is 0. The monoisotopic (exact) mass is 353 g/mol. The molecular weight excluding hydrogens is 338 g/mol. The van der Waals surface area contributed by atoms with Crippen molar-refractivity contribution < 1.29 is 18.7 Å². The number of hydrogen-bond acceptors (Lipinski definition) is 7. The number of aryl methyl sites for hydroxylation is 1. The van der Waals surface area contributed by atoms with Gasteiger partial charge < -0.3 is 25.4 Å². The predicted molar refractivity (Wildman–Crippen MR) is 90.1 cm³/mol. The van der Waals surface area contributed by atoms with Gasteiger partial charge in [-0.2, -0.15) is 5.26 Å². The number of fused-ring (bicyclic) bond motifs is 1. The van der Waals surface area contributed by atoms with Crippen LogP contribution in [-0.4, -0.2) is 12.5 Å². The normalized spacial score (nSPS) is 15.6. The summed E-state index contributed by atoms with van der Waals surface area (Å²) in [5.41, 5.74) is 11.2. The molecule has 0 saturated heterocycles. The number of nitrogens with two attached hydrogens (primary N) is 2. The Hall–Kier alpha value is -3.73. The minimum atomic E-state index is -0.731. The van der Waals surface area contributed by atoms with Gasteiger partial charge in [0.1, 0.15) is 28.9 Å². The minimum Gasteiger partial charge on any atom is -0.484 e. The second-order valence-electron chi connectivity index (χ2n) is 5.67. The van der Waals surface area contributed by atoms with Crippen LogP contribution in [0.25, 0.3) is 0 Å². The van der Waals surface area contributed by atoms with Gasteiger partial charge in [0.05, 0.1) is 11.5 Å². The van der Waals surface area contributed by atoms with Crippen LogP contribution in [0.2, 0.25) is 0 Å². The molecule has 2 heterocycles. The highest BCUT2D eigenvalue weighted by Gasteiger charge is 2.34. The van der Waals surface area contributed by atoms with Crippen LogP contribution in [0, 0.1) is 18.3 Å². The van der Waals surface area contributed by atoms with Crippen LogP contribution in [0.15, 0.2) is 51.0 Å². The van der Waals surface area contributed by atoms with Gasteiger partial charge in [-0.3, -0.25) is 4.79 Å². The molecule has 1 aromatic carbocycles. The summed E-state index contributed by atoms with van der Waals surface area (Å²) in [6.45, 7) is 1.36. The van der Waals surface area contributed by atoms with E-state index in [-0.39, 0.29) is 29.4 Å². The summed E-state index contributed by atoms with van der Waals surface area (Å²) >= 11 is 0. The lowest BCUT2D eigenvalue weighted by molar-refractivity contribution is -0.119. The minimum absolute atomic E-state index is 0.0657. The topological polar surface area (TPSA) is 142 Å². The third-order valence-electron chi connectivity index (χ3n) is 3.85. The van der Waals surface area contributed by atoms with E-state index in [0.29, 0.717) is 17.1 Å². The molecule has 1 aliphatic heterocycles. The second kappa shape index (κ2) is 6.64. The van der Waals surface area contributed by atoms with Gasteiger partial charge >= 0.3 is 5.63 Å². The zero-order chi connectivity index (χ0) is 18.8. The summed E-state index contributed by atoms with van der Waals surface area (Å²) in [5, 5.41) is 9.49. The molecular formula is C18H15N3O5. The first-order valence-electron chi connectivity index (χ1n) is 7.64. The second-order valence-corrected chi connectivity index (χ2v) is 5.67. The molecule has 4 N–H and O–H groups in total. The van der Waals surface area contributed by atoms with Crippen molar-refractivity contribution in [1.29, 1.82) is 5.26 Å². The maximum Gasteiger partial charge on any atom is 0.343 e. The van der Waals surface area contributed by atoms with E-state index in [2.05, 4.69) is 0 Å². The molecule has 1 atom stereocenters. The lowest BCUT2D eigenvalue weighted by Gasteiger charge is -2.25. The van der Waals surface area contributed by atoms with Crippen LogP contribution in [0.5, 0.6) is 11.5 Å². The van der Waals surface area contributed by atoms with Gasteiger partial charge in [0.25, 0.3) is 5.91 Å². The molecule has 1 amide bonds.